The third-order valence-electron chi connectivity index (χ3n) is 2.46. The quantitative estimate of drug-likeness (QED) is 0.880. The maximum Gasteiger partial charge on any atom is 0.0762 e. The Morgan fingerprint density at radius 1 is 1.38 bits per heavy atom. The second-order valence-corrected chi connectivity index (χ2v) is 4.28. The fourth-order valence-corrected chi connectivity index (χ4v) is 1.89. The van der Waals surface area contributed by atoms with Gasteiger partial charge in [-0.25, -0.2) is 0 Å². The molecule has 2 aromatic heterocycles. The molecule has 0 aliphatic carbocycles. The number of nitrogens with zero attached hydrogens (tertiary/aromatic N) is 3. The predicted octanol–water partition coefficient (Wildman–Crippen LogP) is 1.70. The van der Waals surface area contributed by atoms with Crippen molar-refractivity contribution >= 4 is 11.6 Å². The lowest BCUT2D eigenvalue weighted by Gasteiger charge is -2.03. The van der Waals surface area contributed by atoms with Crippen molar-refractivity contribution in [2.75, 3.05) is 0 Å². The van der Waals surface area contributed by atoms with E-state index in [9.17, 15) is 0 Å². The predicted molar refractivity (Wildman–Crippen MR) is 64.2 cm³/mol. The summed E-state index contributed by atoms with van der Waals surface area (Å²) in [5, 5.41) is 8.40. The molecular formula is C11H15ClN4. The second kappa shape index (κ2) is 4.72. The number of rotatable bonds is 4. The number of nitrogens with one attached hydrogen (secondary N) is 1. The summed E-state index contributed by atoms with van der Waals surface area (Å²) in [6.07, 6.45) is 3.84. The molecule has 0 saturated heterocycles. The van der Waals surface area contributed by atoms with E-state index in [1.807, 2.05) is 43.2 Å². The van der Waals surface area contributed by atoms with Crippen molar-refractivity contribution in [3.63, 3.8) is 0 Å². The van der Waals surface area contributed by atoms with Crippen LogP contribution < -0.4 is 5.32 Å². The minimum Gasteiger partial charge on any atom is -0.352 e. The van der Waals surface area contributed by atoms with Crippen molar-refractivity contribution in [3.8, 4) is 0 Å². The van der Waals surface area contributed by atoms with Crippen LogP contribution in [0.4, 0.5) is 0 Å². The Morgan fingerprint density at radius 2 is 2.19 bits per heavy atom. The Morgan fingerprint density at radius 3 is 2.75 bits per heavy atom. The molecule has 1 N–H and O–H groups in total. The zero-order valence-corrected chi connectivity index (χ0v) is 10.2. The highest BCUT2D eigenvalue weighted by Crippen LogP contribution is 2.12. The fraction of sp³-hybridized carbons (Fsp3) is 0.364. The van der Waals surface area contributed by atoms with Crippen LogP contribution in [-0.2, 0) is 27.2 Å². The van der Waals surface area contributed by atoms with E-state index in [2.05, 4.69) is 10.4 Å². The van der Waals surface area contributed by atoms with Crippen LogP contribution in [-0.4, -0.2) is 14.3 Å². The number of aryl methyl sites for hydroxylation is 2. The van der Waals surface area contributed by atoms with E-state index in [0.29, 0.717) is 0 Å². The summed E-state index contributed by atoms with van der Waals surface area (Å²) < 4.78 is 3.82. The van der Waals surface area contributed by atoms with Crippen LogP contribution in [0.1, 0.15) is 11.4 Å². The van der Waals surface area contributed by atoms with E-state index in [4.69, 9.17) is 11.6 Å². The monoisotopic (exact) mass is 238 g/mol. The lowest BCUT2D eigenvalue weighted by atomic mass is 10.4. The van der Waals surface area contributed by atoms with Gasteiger partial charge in [-0.2, -0.15) is 5.10 Å². The number of hydrogen-bond donors (Lipinski definition) is 1. The van der Waals surface area contributed by atoms with Crippen LogP contribution in [0.5, 0.6) is 0 Å². The standard InChI is InChI=1S/C11H15ClN4/c1-15-8-9(12)5-11(15)7-13-6-10-3-4-16(2)14-10/h3-5,8,13H,6-7H2,1-2H3. The largest absolute Gasteiger partial charge is 0.352 e. The summed E-state index contributed by atoms with van der Waals surface area (Å²) in [7, 11) is 3.91. The Kier molecular flexibility index (Phi) is 3.31. The van der Waals surface area contributed by atoms with Gasteiger partial charge >= 0.3 is 0 Å². The molecule has 0 aliphatic heterocycles. The molecule has 5 heteroatoms. The van der Waals surface area contributed by atoms with Crippen LogP contribution >= 0.6 is 11.6 Å². The lowest BCUT2D eigenvalue weighted by Crippen LogP contribution is -2.15. The molecule has 0 fully saturated rings. The van der Waals surface area contributed by atoms with E-state index in [-0.39, 0.29) is 0 Å². The first-order chi connectivity index (χ1) is 7.65. The van der Waals surface area contributed by atoms with Crippen molar-refractivity contribution in [2.45, 2.75) is 13.1 Å². The van der Waals surface area contributed by atoms with Crippen molar-refractivity contribution in [3.05, 3.63) is 40.9 Å². The molecule has 0 spiro atoms. The first-order valence-electron chi connectivity index (χ1n) is 5.15. The third kappa shape index (κ3) is 2.65. The van der Waals surface area contributed by atoms with E-state index >= 15 is 0 Å². The van der Waals surface area contributed by atoms with Crippen LogP contribution in [0.3, 0.4) is 0 Å². The minimum atomic E-state index is 0.767. The van der Waals surface area contributed by atoms with Gasteiger partial charge in [0, 0.05) is 45.3 Å². The van der Waals surface area contributed by atoms with Crippen LogP contribution in [0, 0.1) is 0 Å². The van der Waals surface area contributed by atoms with E-state index in [1.54, 1.807) is 4.68 Å². The van der Waals surface area contributed by atoms with Crippen LogP contribution in [0.2, 0.25) is 5.02 Å². The van der Waals surface area contributed by atoms with Crippen molar-refractivity contribution in [1.29, 1.82) is 0 Å². The average molecular weight is 239 g/mol. The van der Waals surface area contributed by atoms with Gasteiger partial charge in [-0.15, -0.1) is 0 Å². The summed E-state index contributed by atoms with van der Waals surface area (Å²) in [6, 6.07) is 3.97. The molecule has 0 aliphatic rings. The first kappa shape index (κ1) is 11.2. The Bertz CT molecular complexity index is 472. The van der Waals surface area contributed by atoms with Crippen molar-refractivity contribution in [2.24, 2.45) is 14.1 Å². The summed E-state index contributed by atoms with van der Waals surface area (Å²) in [5.74, 6) is 0. The first-order valence-corrected chi connectivity index (χ1v) is 5.53. The van der Waals surface area contributed by atoms with E-state index in [0.717, 1.165) is 23.8 Å². The SMILES string of the molecule is Cn1ccc(CNCc2cc(Cl)cn2C)n1. The average Bonchev–Trinajstić information content (AvgIpc) is 2.74. The second-order valence-electron chi connectivity index (χ2n) is 3.84. The van der Waals surface area contributed by atoms with Gasteiger partial charge in [0.15, 0.2) is 0 Å². The minimum absolute atomic E-state index is 0.767. The Labute approximate surface area is 99.8 Å². The van der Waals surface area contributed by atoms with Crippen molar-refractivity contribution in [1.82, 2.24) is 19.7 Å². The van der Waals surface area contributed by atoms with Gasteiger partial charge in [-0.1, -0.05) is 11.6 Å². The van der Waals surface area contributed by atoms with Crippen molar-refractivity contribution < 1.29 is 0 Å². The van der Waals surface area contributed by atoms with Gasteiger partial charge in [0.05, 0.1) is 10.7 Å². The van der Waals surface area contributed by atoms with Gasteiger partial charge in [0.25, 0.3) is 0 Å². The van der Waals surface area contributed by atoms with Crippen LogP contribution in [0.15, 0.2) is 24.5 Å². The van der Waals surface area contributed by atoms with Gasteiger partial charge in [0.2, 0.25) is 0 Å². The fourth-order valence-electron chi connectivity index (χ4n) is 1.62. The molecule has 16 heavy (non-hydrogen) atoms. The summed E-state index contributed by atoms with van der Waals surface area (Å²) in [6.45, 7) is 1.56. The molecule has 0 amide bonds. The molecule has 0 atom stereocenters. The molecular weight excluding hydrogens is 224 g/mol. The van der Waals surface area contributed by atoms with Crippen LogP contribution in [0.25, 0.3) is 0 Å². The molecule has 0 bridgehead atoms. The topological polar surface area (TPSA) is 34.8 Å². The molecule has 0 unspecified atom stereocenters. The summed E-state index contributed by atoms with van der Waals surface area (Å²) in [4.78, 5) is 0. The molecule has 4 nitrogen and oxygen atoms in total. The highest BCUT2D eigenvalue weighted by molar-refractivity contribution is 6.30. The molecule has 0 radical (unpaired) electrons. The zero-order chi connectivity index (χ0) is 11.5. The molecule has 2 heterocycles. The molecule has 2 aromatic rings. The highest BCUT2D eigenvalue weighted by atomic mass is 35.5. The number of aromatic nitrogens is 3. The Balaban J connectivity index is 1.86. The molecule has 0 aromatic carbocycles. The molecule has 2 rings (SSSR count). The van der Waals surface area contributed by atoms with Gasteiger partial charge in [-0.05, 0) is 12.1 Å². The smallest absolute Gasteiger partial charge is 0.0762 e. The summed E-state index contributed by atoms with van der Waals surface area (Å²) >= 11 is 5.90. The lowest BCUT2D eigenvalue weighted by molar-refractivity contribution is 0.632. The molecule has 86 valence electrons. The number of halogens is 1. The zero-order valence-electron chi connectivity index (χ0n) is 9.44. The van der Waals surface area contributed by atoms with E-state index in [1.165, 1.54) is 5.69 Å². The maximum atomic E-state index is 5.90. The molecule has 0 saturated carbocycles. The third-order valence-corrected chi connectivity index (χ3v) is 2.66. The van der Waals surface area contributed by atoms with Gasteiger partial charge < -0.3 is 9.88 Å². The highest BCUT2D eigenvalue weighted by Gasteiger charge is 2.01. The summed E-state index contributed by atoms with van der Waals surface area (Å²) in [5.41, 5.74) is 2.21. The van der Waals surface area contributed by atoms with E-state index < -0.39 is 0 Å². The van der Waals surface area contributed by atoms with Gasteiger partial charge in [0.1, 0.15) is 0 Å². The number of hydrogen-bond acceptors (Lipinski definition) is 2. The van der Waals surface area contributed by atoms with Gasteiger partial charge in [-0.3, -0.25) is 4.68 Å². The normalized spacial score (nSPS) is 10.9. The Hall–Kier alpha value is -1.26. The maximum absolute atomic E-state index is 5.90.